The van der Waals surface area contributed by atoms with Crippen molar-refractivity contribution in [3.63, 3.8) is 0 Å². The zero-order valence-corrected chi connectivity index (χ0v) is 21.3. The number of nitriles is 1. The minimum absolute atomic E-state index is 0.0295. The molecule has 3 aromatic heterocycles. The Hall–Kier alpha value is -4.86. The Bertz CT molecular complexity index is 1800. The van der Waals surface area contributed by atoms with Crippen LogP contribution in [-0.2, 0) is 4.74 Å². The minimum Gasteiger partial charge on any atom is -0.488 e. The zero-order valence-electron chi connectivity index (χ0n) is 21.3. The van der Waals surface area contributed by atoms with Crippen molar-refractivity contribution in [3.8, 4) is 45.5 Å². The third-order valence-corrected chi connectivity index (χ3v) is 7.45. The summed E-state index contributed by atoms with van der Waals surface area (Å²) in [7, 11) is 0. The summed E-state index contributed by atoms with van der Waals surface area (Å²) < 4.78 is 11.9. The third kappa shape index (κ3) is 4.33. The number of nitrogens with one attached hydrogen (secondary N) is 2. The standard InChI is InChI=1S/C33H26N4O2/c34-20-24-5-3-6-27(32(24)39-25-13-16-38-17-14-25)26-12-15-35-33-28(26)19-31(37-33)22-10-8-21(9-11-22)30-18-23-4-1-2-7-29(23)36-30/h1-12,15,18-19,25,36H,13-14,16-17H2,(H,35,37). The van der Waals surface area contributed by atoms with Crippen LogP contribution in [0.25, 0.3) is 55.6 Å². The van der Waals surface area contributed by atoms with E-state index in [1.807, 2.05) is 30.3 Å². The lowest BCUT2D eigenvalue weighted by molar-refractivity contribution is 0.0257. The van der Waals surface area contributed by atoms with Gasteiger partial charge in [-0.05, 0) is 47.0 Å². The van der Waals surface area contributed by atoms with Crippen molar-refractivity contribution >= 4 is 21.9 Å². The minimum atomic E-state index is 0.0295. The van der Waals surface area contributed by atoms with Gasteiger partial charge in [0.1, 0.15) is 23.6 Å². The van der Waals surface area contributed by atoms with E-state index in [4.69, 9.17) is 9.47 Å². The number of aromatic amines is 2. The second kappa shape index (κ2) is 9.79. The van der Waals surface area contributed by atoms with E-state index in [9.17, 15) is 5.26 Å². The summed E-state index contributed by atoms with van der Waals surface area (Å²) in [5.41, 5.74) is 8.62. The molecular formula is C33H26N4O2. The number of pyridine rings is 1. The van der Waals surface area contributed by atoms with Crippen molar-refractivity contribution < 1.29 is 9.47 Å². The molecule has 3 aromatic carbocycles. The first-order valence-electron chi connectivity index (χ1n) is 13.2. The maximum atomic E-state index is 9.86. The van der Waals surface area contributed by atoms with Gasteiger partial charge >= 0.3 is 0 Å². The Balaban J connectivity index is 1.25. The van der Waals surface area contributed by atoms with E-state index in [0.29, 0.717) is 24.5 Å². The number of rotatable bonds is 5. The molecule has 0 aliphatic carbocycles. The van der Waals surface area contributed by atoms with Crippen LogP contribution in [0.4, 0.5) is 0 Å². The van der Waals surface area contributed by atoms with Crippen LogP contribution < -0.4 is 4.74 Å². The summed E-state index contributed by atoms with van der Waals surface area (Å²) >= 11 is 0. The Morgan fingerprint density at radius 1 is 0.821 bits per heavy atom. The lowest BCUT2D eigenvalue weighted by Gasteiger charge is -2.25. The van der Waals surface area contributed by atoms with Crippen molar-refractivity contribution in [2.24, 2.45) is 0 Å². The van der Waals surface area contributed by atoms with Crippen LogP contribution in [0, 0.1) is 11.3 Å². The number of H-pyrrole nitrogens is 2. The second-order valence-electron chi connectivity index (χ2n) is 9.88. The molecule has 39 heavy (non-hydrogen) atoms. The first kappa shape index (κ1) is 23.3. The van der Waals surface area contributed by atoms with Crippen LogP contribution in [0.2, 0.25) is 0 Å². The van der Waals surface area contributed by atoms with Crippen LogP contribution in [0.15, 0.2) is 91.1 Å². The quantitative estimate of drug-likeness (QED) is 0.252. The van der Waals surface area contributed by atoms with Gasteiger partial charge in [-0.25, -0.2) is 4.98 Å². The predicted octanol–water partition coefficient (Wildman–Crippen LogP) is 7.47. The molecule has 4 heterocycles. The normalized spacial score (nSPS) is 14.0. The molecule has 0 atom stereocenters. The van der Waals surface area contributed by atoms with E-state index >= 15 is 0 Å². The van der Waals surface area contributed by atoms with E-state index in [1.165, 1.54) is 5.39 Å². The largest absolute Gasteiger partial charge is 0.488 e. The van der Waals surface area contributed by atoms with Crippen LogP contribution in [0.3, 0.4) is 0 Å². The summed E-state index contributed by atoms with van der Waals surface area (Å²) in [5.74, 6) is 0.629. The van der Waals surface area contributed by atoms with Crippen LogP contribution in [0.5, 0.6) is 5.75 Å². The van der Waals surface area contributed by atoms with Crippen molar-refractivity contribution in [1.82, 2.24) is 15.0 Å². The SMILES string of the molecule is N#Cc1cccc(-c2ccnc3[nH]c(-c4ccc(-c5cc6ccccc6[nH]5)cc4)cc23)c1OC1CCOCC1. The van der Waals surface area contributed by atoms with E-state index < -0.39 is 0 Å². The molecule has 0 unspecified atom stereocenters. The maximum absolute atomic E-state index is 9.86. The molecule has 1 aliphatic rings. The molecule has 0 spiro atoms. The van der Waals surface area contributed by atoms with Gasteiger partial charge in [0.2, 0.25) is 0 Å². The molecule has 0 bridgehead atoms. The molecule has 190 valence electrons. The average molecular weight is 511 g/mol. The van der Waals surface area contributed by atoms with Gasteiger partial charge in [-0.1, -0.05) is 54.6 Å². The van der Waals surface area contributed by atoms with Gasteiger partial charge in [0.25, 0.3) is 0 Å². The highest BCUT2D eigenvalue weighted by Crippen LogP contribution is 2.39. The molecule has 7 rings (SSSR count). The molecular weight excluding hydrogens is 484 g/mol. The fraction of sp³-hybridized carbons (Fsp3) is 0.152. The lowest BCUT2D eigenvalue weighted by atomic mass is 9.99. The highest BCUT2D eigenvalue weighted by Gasteiger charge is 2.21. The molecule has 6 aromatic rings. The smallest absolute Gasteiger partial charge is 0.145 e. The highest BCUT2D eigenvalue weighted by atomic mass is 16.5. The molecule has 2 N–H and O–H groups in total. The summed E-state index contributed by atoms with van der Waals surface area (Å²) in [6.45, 7) is 1.35. The van der Waals surface area contributed by atoms with Gasteiger partial charge in [0.05, 0.1) is 18.8 Å². The number of nitrogens with zero attached hydrogens (tertiary/aromatic N) is 2. The fourth-order valence-electron chi connectivity index (χ4n) is 5.40. The molecule has 0 saturated carbocycles. The molecule has 1 fully saturated rings. The summed E-state index contributed by atoms with van der Waals surface area (Å²) in [4.78, 5) is 11.6. The molecule has 1 saturated heterocycles. The number of hydrogen-bond donors (Lipinski definition) is 2. The van der Waals surface area contributed by atoms with E-state index in [-0.39, 0.29) is 6.10 Å². The molecule has 0 amide bonds. The number of ether oxygens (including phenoxy) is 2. The summed E-state index contributed by atoms with van der Waals surface area (Å²) in [5, 5.41) is 12.0. The maximum Gasteiger partial charge on any atom is 0.145 e. The van der Waals surface area contributed by atoms with Crippen LogP contribution in [-0.4, -0.2) is 34.3 Å². The summed E-state index contributed by atoms with van der Waals surface area (Å²) in [6, 6.07) is 31.2. The average Bonchev–Trinajstić information content (AvgIpc) is 3.63. The van der Waals surface area contributed by atoms with Crippen LogP contribution >= 0.6 is 0 Å². The first-order valence-corrected chi connectivity index (χ1v) is 13.2. The number of aromatic nitrogens is 3. The fourth-order valence-corrected chi connectivity index (χ4v) is 5.40. The van der Waals surface area contributed by atoms with E-state index in [0.717, 1.165) is 63.0 Å². The Morgan fingerprint density at radius 2 is 1.59 bits per heavy atom. The van der Waals surface area contributed by atoms with Gasteiger partial charge in [-0.2, -0.15) is 5.26 Å². The molecule has 1 aliphatic heterocycles. The van der Waals surface area contributed by atoms with Crippen molar-refractivity contribution in [1.29, 1.82) is 5.26 Å². The van der Waals surface area contributed by atoms with Gasteiger partial charge < -0.3 is 19.4 Å². The Morgan fingerprint density at radius 3 is 2.36 bits per heavy atom. The van der Waals surface area contributed by atoms with Crippen molar-refractivity contribution in [2.45, 2.75) is 18.9 Å². The first-order chi connectivity index (χ1) is 19.3. The second-order valence-corrected chi connectivity index (χ2v) is 9.88. The number of para-hydroxylation sites is 2. The number of hydrogen-bond acceptors (Lipinski definition) is 4. The van der Waals surface area contributed by atoms with Gasteiger partial charge in [-0.3, -0.25) is 0 Å². The van der Waals surface area contributed by atoms with Crippen LogP contribution in [0.1, 0.15) is 18.4 Å². The predicted molar refractivity (Wildman–Crippen MR) is 153 cm³/mol. The number of benzene rings is 3. The molecule has 0 radical (unpaired) electrons. The third-order valence-electron chi connectivity index (χ3n) is 7.45. The Kier molecular flexibility index (Phi) is 5.84. The van der Waals surface area contributed by atoms with Gasteiger partial charge in [0, 0.05) is 52.3 Å². The highest BCUT2D eigenvalue weighted by molar-refractivity contribution is 5.98. The van der Waals surface area contributed by atoms with E-state index in [1.54, 1.807) is 6.20 Å². The van der Waals surface area contributed by atoms with E-state index in [2.05, 4.69) is 75.6 Å². The Labute approximate surface area is 225 Å². The number of fused-ring (bicyclic) bond motifs is 2. The molecule has 6 nitrogen and oxygen atoms in total. The molecule has 6 heteroatoms. The topological polar surface area (TPSA) is 86.7 Å². The van der Waals surface area contributed by atoms with Crippen molar-refractivity contribution in [3.05, 3.63) is 96.7 Å². The van der Waals surface area contributed by atoms with Gasteiger partial charge in [-0.15, -0.1) is 0 Å². The monoisotopic (exact) mass is 510 g/mol. The van der Waals surface area contributed by atoms with Crippen molar-refractivity contribution in [2.75, 3.05) is 13.2 Å². The zero-order chi connectivity index (χ0) is 26.2. The van der Waals surface area contributed by atoms with Gasteiger partial charge in [0.15, 0.2) is 0 Å². The lowest BCUT2D eigenvalue weighted by Crippen LogP contribution is -2.26. The summed E-state index contributed by atoms with van der Waals surface area (Å²) in [6.07, 6.45) is 3.46.